The molecule has 1 aliphatic carbocycles. The van der Waals surface area contributed by atoms with Crippen LogP contribution in [0, 0.1) is 5.41 Å². The van der Waals surface area contributed by atoms with Crippen molar-refractivity contribution in [3.63, 3.8) is 0 Å². The van der Waals surface area contributed by atoms with Gasteiger partial charge >= 0.3 is 0 Å². The number of carbonyl (C=O) groups is 2. The molecule has 1 saturated heterocycles. The summed E-state index contributed by atoms with van der Waals surface area (Å²) >= 11 is 0. The molecule has 5 heteroatoms. The molecule has 1 heterocycles. The van der Waals surface area contributed by atoms with E-state index in [-0.39, 0.29) is 11.5 Å². The van der Waals surface area contributed by atoms with Crippen LogP contribution < -0.4 is 5.48 Å². The number of nitrogens with zero attached hydrogens (tertiary/aromatic N) is 1. The van der Waals surface area contributed by atoms with E-state index in [1.165, 1.54) is 0 Å². The van der Waals surface area contributed by atoms with Gasteiger partial charge in [-0.15, -0.1) is 0 Å². The van der Waals surface area contributed by atoms with Gasteiger partial charge in [-0.25, -0.2) is 5.48 Å². The Bertz CT molecular complexity index is 641. The maximum absolute atomic E-state index is 13.0. The van der Waals surface area contributed by atoms with Crippen molar-refractivity contribution < 1.29 is 14.8 Å². The Hall–Kier alpha value is -1.88. The fourth-order valence-corrected chi connectivity index (χ4v) is 4.05. The summed E-state index contributed by atoms with van der Waals surface area (Å²) in [5, 5.41) is 8.76. The molecule has 0 saturated carbocycles. The minimum atomic E-state index is -0.493. The zero-order valence-electron chi connectivity index (χ0n) is 13.8. The SMILES string of the molecule is CC(C)N1CCC[C@@]2(CCc3cc(C(=O)NO)ccc3C2)C1=O. The fraction of sp³-hybridized carbons (Fsp3) is 0.556. The van der Waals surface area contributed by atoms with Crippen LogP contribution in [0.15, 0.2) is 18.2 Å². The lowest BCUT2D eigenvalue weighted by Crippen LogP contribution is -2.53. The van der Waals surface area contributed by atoms with Gasteiger partial charge in [0, 0.05) is 18.2 Å². The summed E-state index contributed by atoms with van der Waals surface area (Å²) in [6.45, 7) is 5.02. The summed E-state index contributed by atoms with van der Waals surface area (Å²) in [4.78, 5) is 26.6. The van der Waals surface area contributed by atoms with Gasteiger partial charge in [0.1, 0.15) is 0 Å². The van der Waals surface area contributed by atoms with Crippen LogP contribution in [-0.2, 0) is 17.6 Å². The summed E-state index contributed by atoms with van der Waals surface area (Å²) in [6.07, 6.45) is 4.41. The number of benzene rings is 1. The molecule has 3 rings (SSSR count). The van der Waals surface area contributed by atoms with E-state index in [0.29, 0.717) is 11.5 Å². The van der Waals surface area contributed by atoms with E-state index in [0.717, 1.165) is 49.8 Å². The van der Waals surface area contributed by atoms with E-state index in [1.54, 1.807) is 11.5 Å². The molecule has 0 bridgehead atoms. The van der Waals surface area contributed by atoms with Gasteiger partial charge in [-0.1, -0.05) is 6.07 Å². The van der Waals surface area contributed by atoms with Gasteiger partial charge in [0.25, 0.3) is 5.91 Å². The number of piperidine rings is 1. The topological polar surface area (TPSA) is 69.6 Å². The quantitative estimate of drug-likeness (QED) is 0.650. The van der Waals surface area contributed by atoms with E-state index in [2.05, 4.69) is 13.8 Å². The first-order chi connectivity index (χ1) is 11.0. The van der Waals surface area contributed by atoms with Crippen molar-refractivity contribution in [2.45, 2.75) is 52.0 Å². The molecule has 23 heavy (non-hydrogen) atoms. The molecule has 1 fully saturated rings. The average molecular weight is 316 g/mol. The number of rotatable bonds is 2. The number of aryl methyl sites for hydroxylation is 1. The molecule has 5 nitrogen and oxygen atoms in total. The van der Waals surface area contributed by atoms with Crippen molar-refractivity contribution in [3.8, 4) is 0 Å². The summed E-state index contributed by atoms with van der Waals surface area (Å²) in [6, 6.07) is 5.73. The lowest BCUT2D eigenvalue weighted by atomic mass is 9.66. The first-order valence-electron chi connectivity index (χ1n) is 8.34. The smallest absolute Gasteiger partial charge is 0.274 e. The summed E-state index contributed by atoms with van der Waals surface area (Å²) in [5.74, 6) is -0.200. The van der Waals surface area contributed by atoms with E-state index >= 15 is 0 Å². The maximum Gasteiger partial charge on any atom is 0.274 e. The van der Waals surface area contributed by atoms with Crippen LogP contribution in [-0.4, -0.2) is 34.5 Å². The van der Waals surface area contributed by atoms with Gasteiger partial charge in [-0.3, -0.25) is 14.8 Å². The Balaban J connectivity index is 1.87. The zero-order valence-corrected chi connectivity index (χ0v) is 13.8. The molecule has 0 unspecified atom stereocenters. The van der Waals surface area contributed by atoms with Crippen molar-refractivity contribution in [1.82, 2.24) is 10.4 Å². The minimum absolute atomic E-state index is 0.247. The van der Waals surface area contributed by atoms with Crippen molar-refractivity contribution in [3.05, 3.63) is 34.9 Å². The highest BCUT2D eigenvalue weighted by Crippen LogP contribution is 2.43. The summed E-state index contributed by atoms with van der Waals surface area (Å²) < 4.78 is 0. The van der Waals surface area contributed by atoms with Crippen molar-refractivity contribution >= 4 is 11.8 Å². The number of hydrogen-bond acceptors (Lipinski definition) is 3. The van der Waals surface area contributed by atoms with Gasteiger partial charge in [0.05, 0.1) is 5.41 Å². The van der Waals surface area contributed by atoms with Crippen LogP contribution >= 0.6 is 0 Å². The van der Waals surface area contributed by atoms with Crippen LogP contribution in [0.5, 0.6) is 0 Å². The predicted octanol–water partition coefficient (Wildman–Crippen LogP) is 2.31. The Morgan fingerprint density at radius 3 is 2.78 bits per heavy atom. The van der Waals surface area contributed by atoms with Crippen LogP contribution in [0.4, 0.5) is 0 Å². The molecule has 0 aromatic heterocycles. The molecule has 1 spiro atoms. The van der Waals surface area contributed by atoms with Gasteiger partial charge in [-0.2, -0.15) is 0 Å². The Kier molecular flexibility index (Phi) is 4.15. The van der Waals surface area contributed by atoms with Gasteiger partial charge < -0.3 is 4.90 Å². The Morgan fingerprint density at radius 1 is 1.30 bits per heavy atom. The number of hydrogen-bond donors (Lipinski definition) is 2. The molecule has 2 N–H and O–H groups in total. The van der Waals surface area contributed by atoms with Crippen molar-refractivity contribution in [1.29, 1.82) is 0 Å². The molecule has 1 atom stereocenters. The second-order valence-electron chi connectivity index (χ2n) is 7.08. The van der Waals surface area contributed by atoms with Crippen LogP contribution in [0.25, 0.3) is 0 Å². The highest BCUT2D eigenvalue weighted by molar-refractivity contribution is 5.93. The van der Waals surface area contributed by atoms with E-state index in [4.69, 9.17) is 5.21 Å². The largest absolute Gasteiger partial charge is 0.340 e. The second-order valence-corrected chi connectivity index (χ2v) is 7.08. The van der Waals surface area contributed by atoms with Crippen molar-refractivity contribution in [2.75, 3.05) is 6.54 Å². The molecule has 2 aliphatic rings. The van der Waals surface area contributed by atoms with Crippen molar-refractivity contribution in [2.24, 2.45) is 5.41 Å². The first kappa shape index (κ1) is 16.0. The zero-order chi connectivity index (χ0) is 16.6. The molecule has 1 aromatic rings. The number of nitrogens with one attached hydrogen (secondary N) is 1. The highest BCUT2D eigenvalue weighted by Gasteiger charge is 2.46. The molecule has 0 radical (unpaired) electrons. The van der Waals surface area contributed by atoms with Crippen LogP contribution in [0.2, 0.25) is 0 Å². The number of carbonyl (C=O) groups excluding carboxylic acids is 2. The van der Waals surface area contributed by atoms with E-state index in [9.17, 15) is 9.59 Å². The third-order valence-corrected chi connectivity index (χ3v) is 5.36. The summed E-state index contributed by atoms with van der Waals surface area (Å²) in [7, 11) is 0. The first-order valence-corrected chi connectivity index (χ1v) is 8.34. The fourth-order valence-electron chi connectivity index (χ4n) is 4.05. The average Bonchev–Trinajstić information content (AvgIpc) is 2.56. The Morgan fingerprint density at radius 2 is 2.09 bits per heavy atom. The molecule has 1 aliphatic heterocycles. The van der Waals surface area contributed by atoms with Crippen LogP contribution in [0.3, 0.4) is 0 Å². The number of fused-ring (bicyclic) bond motifs is 1. The molecular formula is C18H24N2O3. The van der Waals surface area contributed by atoms with Crippen LogP contribution in [0.1, 0.15) is 54.6 Å². The predicted molar refractivity (Wildman–Crippen MR) is 86.2 cm³/mol. The maximum atomic E-state index is 13.0. The lowest BCUT2D eigenvalue weighted by Gasteiger charge is -2.46. The Labute approximate surface area is 136 Å². The highest BCUT2D eigenvalue weighted by atomic mass is 16.5. The number of likely N-dealkylation sites (tertiary alicyclic amines) is 1. The third-order valence-electron chi connectivity index (χ3n) is 5.36. The number of hydroxylamine groups is 1. The van der Waals surface area contributed by atoms with E-state index in [1.807, 2.05) is 17.0 Å². The normalized spacial score (nSPS) is 24.0. The molecular weight excluding hydrogens is 292 g/mol. The minimum Gasteiger partial charge on any atom is -0.340 e. The summed E-state index contributed by atoms with van der Waals surface area (Å²) in [5.41, 5.74) is 4.14. The second kappa shape index (κ2) is 5.96. The standard InChI is InChI=1S/C18H24N2O3/c1-12(2)20-9-3-7-18(17(20)22)8-6-13-10-14(16(21)19-23)4-5-15(13)11-18/h4-5,10,12,23H,3,6-9,11H2,1-2H3,(H,19,21)/t18-/m0/s1. The van der Waals surface area contributed by atoms with Gasteiger partial charge in [-0.05, 0) is 69.2 Å². The monoisotopic (exact) mass is 316 g/mol. The van der Waals surface area contributed by atoms with E-state index < -0.39 is 5.91 Å². The molecule has 124 valence electrons. The molecule has 2 amide bonds. The van der Waals surface area contributed by atoms with Gasteiger partial charge in [0.15, 0.2) is 0 Å². The molecule has 1 aromatic carbocycles. The third kappa shape index (κ3) is 2.74. The number of amides is 2. The lowest BCUT2D eigenvalue weighted by molar-refractivity contribution is -0.149. The van der Waals surface area contributed by atoms with Gasteiger partial charge in [0.2, 0.25) is 5.91 Å².